The number of nitrogens with zero attached hydrogens (tertiary/aromatic N) is 4. The zero-order chi connectivity index (χ0) is 23.3. The maximum absolute atomic E-state index is 12.9. The maximum Gasteiger partial charge on any atom is 0.341 e. The summed E-state index contributed by atoms with van der Waals surface area (Å²) in [6.07, 6.45) is 6.58. The van der Waals surface area contributed by atoms with E-state index in [1.165, 1.54) is 6.20 Å². The normalized spacial score (nSPS) is 19.5. The SMILES string of the molecule is [B]c1cc2c(=O)c(C(=O)O)cn3c2c(c1N1CC[C@@H](Nc2ncc(C)cn2)C1)OC[C@@H]3CC. The molecule has 0 aliphatic carbocycles. The van der Waals surface area contributed by atoms with E-state index in [0.29, 0.717) is 35.8 Å². The molecule has 2 radical (unpaired) electrons. The van der Waals surface area contributed by atoms with Crippen LogP contribution in [0.5, 0.6) is 5.75 Å². The Labute approximate surface area is 191 Å². The molecule has 2 aliphatic rings. The first-order valence-corrected chi connectivity index (χ1v) is 11.0. The lowest BCUT2D eigenvalue weighted by atomic mass is 9.89. The molecule has 2 aromatic heterocycles. The molecule has 0 bridgehead atoms. The first kappa shape index (κ1) is 21.3. The highest BCUT2D eigenvalue weighted by Gasteiger charge is 2.32. The van der Waals surface area contributed by atoms with Crippen LogP contribution >= 0.6 is 0 Å². The summed E-state index contributed by atoms with van der Waals surface area (Å²) in [6.45, 7) is 5.73. The van der Waals surface area contributed by atoms with E-state index in [2.05, 4.69) is 20.2 Å². The summed E-state index contributed by atoms with van der Waals surface area (Å²) in [7, 11) is 6.43. The molecule has 0 spiro atoms. The monoisotopic (exact) mass is 445 g/mol. The van der Waals surface area contributed by atoms with Gasteiger partial charge in [0.05, 0.1) is 17.2 Å². The Morgan fingerprint density at radius 1 is 1.36 bits per heavy atom. The van der Waals surface area contributed by atoms with E-state index < -0.39 is 11.4 Å². The van der Waals surface area contributed by atoms with Crippen LogP contribution in [0.4, 0.5) is 11.6 Å². The third-order valence-corrected chi connectivity index (χ3v) is 6.41. The van der Waals surface area contributed by atoms with Crippen molar-refractivity contribution >= 4 is 41.8 Å². The number of benzene rings is 1. The van der Waals surface area contributed by atoms with E-state index >= 15 is 0 Å². The van der Waals surface area contributed by atoms with Crippen LogP contribution < -0.4 is 25.8 Å². The van der Waals surface area contributed by atoms with E-state index in [-0.39, 0.29) is 23.0 Å². The molecule has 10 heteroatoms. The molecule has 1 fully saturated rings. The molecule has 2 atom stereocenters. The smallest absolute Gasteiger partial charge is 0.341 e. The van der Waals surface area contributed by atoms with E-state index in [4.69, 9.17) is 12.6 Å². The lowest BCUT2D eigenvalue weighted by Gasteiger charge is -2.33. The third-order valence-electron chi connectivity index (χ3n) is 6.41. The van der Waals surface area contributed by atoms with E-state index in [9.17, 15) is 14.7 Å². The van der Waals surface area contributed by atoms with Crippen LogP contribution in [0.2, 0.25) is 0 Å². The second kappa shape index (κ2) is 8.10. The summed E-state index contributed by atoms with van der Waals surface area (Å²) in [6, 6.07) is 1.64. The van der Waals surface area contributed by atoms with Crippen molar-refractivity contribution in [3.63, 3.8) is 0 Å². The summed E-state index contributed by atoms with van der Waals surface area (Å²) >= 11 is 0. The van der Waals surface area contributed by atoms with Gasteiger partial charge in [0.25, 0.3) is 0 Å². The van der Waals surface area contributed by atoms with Crippen LogP contribution in [-0.2, 0) is 0 Å². The highest BCUT2D eigenvalue weighted by Crippen LogP contribution is 2.40. The molecule has 0 unspecified atom stereocenters. The first-order valence-electron chi connectivity index (χ1n) is 11.0. The molecule has 2 aliphatic heterocycles. The minimum absolute atomic E-state index is 0.0677. The summed E-state index contributed by atoms with van der Waals surface area (Å²) in [5.74, 6) is -0.128. The number of carboxylic acid groups (broad SMARTS) is 1. The van der Waals surface area contributed by atoms with E-state index in [0.717, 1.165) is 30.6 Å². The number of pyridine rings is 1. The molecular formula is C23H24BN5O4. The Kier molecular flexibility index (Phi) is 5.23. The van der Waals surface area contributed by atoms with Crippen molar-refractivity contribution < 1.29 is 14.6 Å². The largest absolute Gasteiger partial charge is 0.487 e. The minimum Gasteiger partial charge on any atom is -0.487 e. The third kappa shape index (κ3) is 3.59. The fourth-order valence-corrected chi connectivity index (χ4v) is 4.70. The Morgan fingerprint density at radius 3 is 2.82 bits per heavy atom. The van der Waals surface area contributed by atoms with Crippen LogP contribution in [0.15, 0.2) is 29.5 Å². The van der Waals surface area contributed by atoms with Gasteiger partial charge >= 0.3 is 5.97 Å². The second-order valence-corrected chi connectivity index (χ2v) is 8.66. The highest BCUT2D eigenvalue weighted by molar-refractivity contribution is 6.38. The molecule has 1 saturated heterocycles. The summed E-state index contributed by atoms with van der Waals surface area (Å²) < 4.78 is 8.04. The van der Waals surface area contributed by atoms with Crippen LogP contribution in [0.3, 0.4) is 0 Å². The Morgan fingerprint density at radius 2 is 2.12 bits per heavy atom. The first-order chi connectivity index (χ1) is 15.9. The van der Waals surface area contributed by atoms with Crippen molar-refractivity contribution in [3.05, 3.63) is 46.0 Å². The zero-order valence-electron chi connectivity index (χ0n) is 18.5. The fraction of sp³-hybridized carbons (Fsp3) is 0.391. The number of hydrogen-bond donors (Lipinski definition) is 2. The standard InChI is InChI=1S/C23H24BN5O4/c1-3-14-11-33-21-18-15(20(30)16(22(31)32)10-29(14)18)6-17(24)19(21)28-5-4-13(9-28)27-23-25-7-12(2)8-26-23/h6-8,10,13-14H,3-5,9,11H2,1-2H3,(H,31,32)(H,25,26,27)/t13-,14+/m1/s1. The number of anilines is 2. The molecule has 4 heterocycles. The van der Waals surface area contributed by atoms with Gasteiger partial charge in [0.2, 0.25) is 11.4 Å². The number of aromatic carboxylic acids is 1. The number of aryl methyl sites for hydroxylation is 1. The van der Waals surface area contributed by atoms with Gasteiger partial charge in [-0.25, -0.2) is 14.8 Å². The number of nitrogens with one attached hydrogen (secondary N) is 1. The topological polar surface area (TPSA) is 110 Å². The van der Waals surface area contributed by atoms with Crippen molar-refractivity contribution in [2.24, 2.45) is 0 Å². The van der Waals surface area contributed by atoms with Crippen molar-refractivity contribution in [1.29, 1.82) is 0 Å². The minimum atomic E-state index is -1.25. The average molecular weight is 445 g/mol. The number of carboxylic acids is 1. The lowest BCUT2D eigenvalue weighted by molar-refractivity contribution is 0.0694. The number of carbonyl (C=O) groups is 1. The van der Waals surface area contributed by atoms with E-state index in [1.54, 1.807) is 18.5 Å². The van der Waals surface area contributed by atoms with E-state index in [1.807, 2.05) is 18.4 Å². The molecule has 1 aromatic carbocycles. The van der Waals surface area contributed by atoms with Gasteiger partial charge in [-0.3, -0.25) is 4.79 Å². The Balaban J connectivity index is 1.56. The molecular weight excluding hydrogens is 421 g/mol. The number of rotatable bonds is 5. The molecule has 0 saturated carbocycles. The summed E-state index contributed by atoms with van der Waals surface area (Å²) in [4.78, 5) is 35.4. The van der Waals surface area contributed by atoms with Gasteiger partial charge in [0.1, 0.15) is 20.0 Å². The van der Waals surface area contributed by atoms with Crippen molar-refractivity contribution in [2.75, 3.05) is 29.9 Å². The maximum atomic E-state index is 12.9. The molecule has 3 aromatic rings. The summed E-state index contributed by atoms with van der Waals surface area (Å²) in [5.41, 5.74) is 1.92. The van der Waals surface area contributed by atoms with Crippen LogP contribution in [0.1, 0.15) is 41.7 Å². The van der Waals surface area contributed by atoms with Crippen molar-refractivity contribution in [3.8, 4) is 5.75 Å². The molecule has 168 valence electrons. The quantitative estimate of drug-likeness (QED) is 0.571. The second-order valence-electron chi connectivity index (χ2n) is 8.66. The van der Waals surface area contributed by atoms with Gasteiger partial charge in [0, 0.05) is 43.1 Å². The van der Waals surface area contributed by atoms with Crippen molar-refractivity contribution in [2.45, 2.75) is 38.8 Å². The molecule has 2 N–H and O–H groups in total. The highest BCUT2D eigenvalue weighted by atomic mass is 16.5. The average Bonchev–Trinajstić information content (AvgIpc) is 3.25. The van der Waals surface area contributed by atoms with Gasteiger partial charge in [-0.1, -0.05) is 18.5 Å². The summed E-state index contributed by atoms with van der Waals surface area (Å²) in [5, 5.41) is 13.2. The Bertz CT molecular complexity index is 1310. The fourth-order valence-electron chi connectivity index (χ4n) is 4.70. The molecule has 5 rings (SSSR count). The number of ether oxygens (including phenoxy) is 1. The van der Waals surface area contributed by atoms with Gasteiger partial charge in [-0.05, 0) is 25.3 Å². The van der Waals surface area contributed by atoms with Gasteiger partial charge < -0.3 is 24.6 Å². The van der Waals surface area contributed by atoms with Gasteiger partial charge in [0.15, 0.2) is 5.75 Å². The molecule has 0 amide bonds. The van der Waals surface area contributed by atoms with Crippen LogP contribution in [-0.4, -0.2) is 59.2 Å². The number of aromatic nitrogens is 3. The Hall–Kier alpha value is -3.56. The number of hydrogen-bond acceptors (Lipinski definition) is 7. The van der Waals surface area contributed by atoms with Crippen molar-refractivity contribution in [1.82, 2.24) is 14.5 Å². The lowest BCUT2D eigenvalue weighted by Crippen LogP contribution is -2.34. The predicted molar refractivity (Wildman–Crippen MR) is 126 cm³/mol. The van der Waals surface area contributed by atoms with Gasteiger partial charge in [-0.15, -0.1) is 0 Å². The molecule has 33 heavy (non-hydrogen) atoms. The van der Waals surface area contributed by atoms with Gasteiger partial charge in [-0.2, -0.15) is 0 Å². The molecule has 9 nitrogen and oxygen atoms in total. The zero-order valence-corrected chi connectivity index (χ0v) is 18.5. The predicted octanol–water partition coefficient (Wildman–Crippen LogP) is 1.63. The van der Waals surface area contributed by atoms with Crippen LogP contribution in [0, 0.1) is 6.92 Å². The van der Waals surface area contributed by atoms with Crippen LogP contribution in [0.25, 0.3) is 10.9 Å².